The summed E-state index contributed by atoms with van der Waals surface area (Å²) in [7, 11) is -2.92. The highest BCUT2D eigenvalue weighted by Gasteiger charge is 2.06. The number of H-pyrrole nitrogens is 1. The van der Waals surface area contributed by atoms with Gasteiger partial charge in [-0.25, -0.2) is 0 Å². The van der Waals surface area contributed by atoms with E-state index in [1.165, 1.54) is 0 Å². The smallest absolute Gasteiger partial charge is 0.394 e. The fourth-order valence-electron chi connectivity index (χ4n) is 0.880. The van der Waals surface area contributed by atoms with Gasteiger partial charge in [-0.05, 0) is 0 Å². The van der Waals surface area contributed by atoms with Crippen molar-refractivity contribution in [3.05, 3.63) is 5.69 Å². The number of aromatic amines is 1. The molecule has 0 saturated heterocycles. The summed E-state index contributed by atoms with van der Waals surface area (Å²) < 4.78 is 31.6. The monoisotopic (exact) mass is 254 g/mol. The number of hydrogen-bond acceptors (Lipinski definition) is 6. The average molecular weight is 254 g/mol. The van der Waals surface area contributed by atoms with E-state index in [1.807, 2.05) is 0 Å². The van der Waals surface area contributed by atoms with Crippen LogP contribution >= 0.6 is 0 Å². The molecular weight excluding hydrogens is 240 g/mol. The van der Waals surface area contributed by atoms with Crippen LogP contribution in [0.25, 0.3) is 0 Å². The maximum absolute atomic E-state index is 8.74. The summed E-state index contributed by atoms with van der Waals surface area (Å²) in [6, 6.07) is 0. The Balaban J connectivity index is 0.000000385. The molecule has 0 atom stereocenters. The molecule has 9 nitrogen and oxygen atoms in total. The van der Waals surface area contributed by atoms with Gasteiger partial charge in [0.15, 0.2) is 5.82 Å². The van der Waals surface area contributed by atoms with Crippen LogP contribution in [0.3, 0.4) is 0 Å². The first kappa shape index (κ1) is 14.6. The molecule has 94 valence electrons. The van der Waals surface area contributed by atoms with E-state index in [4.69, 9.17) is 28.4 Å². The number of aliphatic hydroxyl groups excluding tert-OH is 1. The summed E-state index contributed by atoms with van der Waals surface area (Å²) >= 11 is 0. The molecule has 0 aliphatic heterocycles. The lowest BCUT2D eigenvalue weighted by Gasteiger charge is -1.96. The number of hydrogen-bond donors (Lipinski definition) is 6. The Labute approximate surface area is 92.2 Å². The second-order valence-corrected chi connectivity index (χ2v) is 3.53. The van der Waals surface area contributed by atoms with Crippen molar-refractivity contribution in [1.29, 1.82) is 0 Å². The molecule has 0 radical (unpaired) electrons. The predicted molar refractivity (Wildman–Crippen MR) is 57.5 cm³/mol. The van der Waals surface area contributed by atoms with Gasteiger partial charge in [-0.2, -0.15) is 13.5 Å². The average Bonchev–Trinajstić information content (AvgIpc) is 2.46. The predicted octanol–water partition coefficient (Wildman–Crippen LogP) is -1.08. The lowest BCUT2D eigenvalue weighted by molar-refractivity contribution is 0.298. The van der Waals surface area contributed by atoms with Crippen molar-refractivity contribution in [1.82, 2.24) is 10.2 Å². The summed E-state index contributed by atoms with van der Waals surface area (Å²) in [6.45, 7) is 0.0789. The van der Waals surface area contributed by atoms with Crippen molar-refractivity contribution in [2.45, 2.75) is 6.42 Å². The van der Waals surface area contributed by atoms with Crippen LogP contribution in [0.4, 0.5) is 11.5 Å². The van der Waals surface area contributed by atoms with Gasteiger partial charge in [0, 0.05) is 20.1 Å². The number of nitrogens with two attached hydrogens (primary N) is 1. The number of nitrogens with zero attached hydrogens (tertiary/aromatic N) is 1. The highest BCUT2D eigenvalue weighted by molar-refractivity contribution is 7.79. The molecular formula is C6H14N4O5S. The SMILES string of the molecule is CNc1n[nH]c(CCO)c1N.O=S(=O)(O)O. The van der Waals surface area contributed by atoms with E-state index in [0.29, 0.717) is 17.9 Å². The fourth-order valence-corrected chi connectivity index (χ4v) is 0.880. The summed E-state index contributed by atoms with van der Waals surface area (Å²) in [5.74, 6) is 0.633. The van der Waals surface area contributed by atoms with E-state index >= 15 is 0 Å². The topological polar surface area (TPSA) is 162 Å². The molecule has 0 fully saturated rings. The van der Waals surface area contributed by atoms with Gasteiger partial charge in [-0.1, -0.05) is 0 Å². The minimum Gasteiger partial charge on any atom is -0.396 e. The van der Waals surface area contributed by atoms with Gasteiger partial charge in [0.1, 0.15) is 0 Å². The molecule has 0 spiro atoms. The van der Waals surface area contributed by atoms with E-state index in [1.54, 1.807) is 7.05 Å². The highest BCUT2D eigenvalue weighted by atomic mass is 32.3. The molecule has 1 aromatic rings. The van der Waals surface area contributed by atoms with E-state index < -0.39 is 10.4 Å². The molecule has 1 rings (SSSR count). The van der Waals surface area contributed by atoms with Crippen molar-refractivity contribution >= 4 is 21.9 Å². The third-order valence-electron chi connectivity index (χ3n) is 1.48. The van der Waals surface area contributed by atoms with Gasteiger partial charge in [0.05, 0.1) is 11.4 Å². The molecule has 0 amide bonds. The first-order chi connectivity index (χ1) is 7.29. The van der Waals surface area contributed by atoms with Crippen LogP contribution in [0, 0.1) is 0 Å². The maximum atomic E-state index is 8.74. The zero-order valence-electron chi connectivity index (χ0n) is 8.51. The first-order valence-corrected chi connectivity index (χ1v) is 5.50. The molecule has 7 N–H and O–H groups in total. The second kappa shape index (κ2) is 6.27. The van der Waals surface area contributed by atoms with Gasteiger partial charge in [0.2, 0.25) is 0 Å². The van der Waals surface area contributed by atoms with Crippen LogP contribution < -0.4 is 11.1 Å². The van der Waals surface area contributed by atoms with Crippen LogP contribution in [0.2, 0.25) is 0 Å². The van der Waals surface area contributed by atoms with Gasteiger partial charge in [-0.3, -0.25) is 14.2 Å². The van der Waals surface area contributed by atoms with Crippen molar-refractivity contribution in [2.75, 3.05) is 24.7 Å². The summed E-state index contributed by atoms with van der Waals surface area (Å²) in [4.78, 5) is 0. The fraction of sp³-hybridized carbons (Fsp3) is 0.500. The number of aromatic nitrogens is 2. The Kier molecular flexibility index (Phi) is 5.74. The van der Waals surface area contributed by atoms with Gasteiger partial charge in [0.25, 0.3) is 0 Å². The Morgan fingerprint density at radius 1 is 1.50 bits per heavy atom. The minimum absolute atomic E-state index is 0.0789. The highest BCUT2D eigenvalue weighted by Crippen LogP contribution is 2.18. The van der Waals surface area contributed by atoms with Crippen LogP contribution in [0.5, 0.6) is 0 Å². The van der Waals surface area contributed by atoms with Crippen molar-refractivity contribution in [3.8, 4) is 0 Å². The number of rotatable bonds is 3. The number of nitrogens with one attached hydrogen (secondary N) is 2. The molecule has 0 unspecified atom stereocenters. The Bertz CT molecular complexity index is 407. The van der Waals surface area contributed by atoms with Gasteiger partial charge >= 0.3 is 10.4 Å². The van der Waals surface area contributed by atoms with Crippen LogP contribution in [-0.4, -0.2) is 46.5 Å². The largest absolute Gasteiger partial charge is 0.396 e. The van der Waals surface area contributed by atoms with E-state index in [9.17, 15) is 0 Å². The third-order valence-corrected chi connectivity index (χ3v) is 1.48. The van der Waals surface area contributed by atoms with Crippen LogP contribution in [0.1, 0.15) is 5.69 Å². The van der Waals surface area contributed by atoms with Crippen molar-refractivity contribution < 1.29 is 22.6 Å². The van der Waals surface area contributed by atoms with Crippen LogP contribution in [-0.2, 0) is 16.8 Å². The molecule has 1 aromatic heterocycles. The summed E-state index contributed by atoms with van der Waals surface area (Å²) in [6.07, 6.45) is 0.514. The summed E-state index contributed by atoms with van der Waals surface area (Å²) in [5.41, 5.74) is 6.99. The zero-order valence-corrected chi connectivity index (χ0v) is 9.32. The van der Waals surface area contributed by atoms with Gasteiger partial charge in [-0.15, -0.1) is 0 Å². The maximum Gasteiger partial charge on any atom is 0.394 e. The normalized spacial score (nSPS) is 10.5. The molecule has 0 aliphatic carbocycles. The number of anilines is 2. The molecule has 0 bridgehead atoms. The lowest BCUT2D eigenvalue weighted by Crippen LogP contribution is -1.97. The zero-order chi connectivity index (χ0) is 12.8. The molecule has 0 aliphatic rings. The standard InChI is InChI=1S/C6H12N4O.H2O4S/c1-8-6-5(7)4(2-3-11)9-10-6;1-5(2,3)4/h11H,2-3,7H2,1H3,(H2,8,9,10);(H2,1,2,3,4). The molecule has 10 heteroatoms. The van der Waals surface area contributed by atoms with Crippen molar-refractivity contribution in [2.24, 2.45) is 0 Å². The third kappa shape index (κ3) is 6.19. The van der Waals surface area contributed by atoms with Crippen LogP contribution in [0.15, 0.2) is 0 Å². The number of aliphatic hydroxyl groups is 1. The quantitative estimate of drug-likeness (QED) is 0.371. The first-order valence-electron chi connectivity index (χ1n) is 4.10. The minimum atomic E-state index is -4.67. The molecule has 1 heterocycles. The Morgan fingerprint density at radius 3 is 2.31 bits per heavy atom. The van der Waals surface area contributed by atoms with Gasteiger partial charge < -0.3 is 16.2 Å². The lowest BCUT2D eigenvalue weighted by atomic mass is 10.3. The Morgan fingerprint density at radius 2 is 2.00 bits per heavy atom. The van der Waals surface area contributed by atoms with E-state index in [-0.39, 0.29) is 6.61 Å². The van der Waals surface area contributed by atoms with E-state index in [0.717, 1.165) is 5.69 Å². The summed E-state index contributed by atoms with van der Waals surface area (Å²) in [5, 5.41) is 18.0. The molecule has 16 heavy (non-hydrogen) atoms. The Hall–Kier alpha value is -1.36. The van der Waals surface area contributed by atoms with Crippen molar-refractivity contribution in [3.63, 3.8) is 0 Å². The van der Waals surface area contributed by atoms with E-state index in [2.05, 4.69) is 15.5 Å². The second-order valence-electron chi connectivity index (χ2n) is 2.64. The molecule has 0 aromatic carbocycles. The number of nitrogen functional groups attached to an aromatic ring is 1. The molecule has 0 saturated carbocycles.